The van der Waals surface area contributed by atoms with Crippen molar-refractivity contribution in [3.63, 3.8) is 0 Å². The third-order valence-electron chi connectivity index (χ3n) is 3.93. The van der Waals surface area contributed by atoms with Crippen LogP contribution < -0.4 is 15.4 Å². The highest BCUT2D eigenvalue weighted by molar-refractivity contribution is 7.88. The molecule has 0 bridgehead atoms. The van der Waals surface area contributed by atoms with Gasteiger partial charge in [-0.2, -0.15) is 13.2 Å². The molecule has 1 aliphatic rings. The number of rotatable bonds is 4. The third-order valence-corrected chi connectivity index (χ3v) is 4.66. The topological polar surface area (TPSA) is 87.3 Å². The second-order valence-corrected chi connectivity index (χ2v) is 7.81. The van der Waals surface area contributed by atoms with Gasteiger partial charge < -0.3 is 10.6 Å². The number of sulfonamides is 1. The van der Waals surface area contributed by atoms with Gasteiger partial charge in [0.2, 0.25) is 10.0 Å². The molecule has 2 rings (SSSR count). The van der Waals surface area contributed by atoms with Crippen molar-refractivity contribution in [3.05, 3.63) is 29.8 Å². The molecular formula is C15H20F3N3O3S. The van der Waals surface area contributed by atoms with Gasteiger partial charge in [0.1, 0.15) is 0 Å². The summed E-state index contributed by atoms with van der Waals surface area (Å²) in [5, 5.41) is 4.77. The van der Waals surface area contributed by atoms with E-state index in [0.29, 0.717) is 12.8 Å². The fraction of sp³-hybridized carbons (Fsp3) is 0.533. The van der Waals surface area contributed by atoms with Crippen molar-refractivity contribution in [3.8, 4) is 0 Å². The minimum atomic E-state index is -4.59. The van der Waals surface area contributed by atoms with Crippen LogP contribution in [-0.2, 0) is 16.2 Å². The summed E-state index contributed by atoms with van der Waals surface area (Å²) in [5.74, 6) is 0. The van der Waals surface area contributed by atoms with Gasteiger partial charge in [0, 0.05) is 12.1 Å². The molecular weight excluding hydrogens is 359 g/mol. The number of alkyl halides is 3. The lowest BCUT2D eigenvalue weighted by molar-refractivity contribution is -0.136. The predicted octanol–water partition coefficient (Wildman–Crippen LogP) is 2.69. The van der Waals surface area contributed by atoms with Crippen LogP contribution in [-0.4, -0.2) is 32.8 Å². The minimum Gasteiger partial charge on any atom is -0.334 e. The molecule has 0 heterocycles. The summed E-state index contributed by atoms with van der Waals surface area (Å²) >= 11 is 0. The molecule has 2 amide bonds. The zero-order valence-electron chi connectivity index (χ0n) is 13.6. The van der Waals surface area contributed by atoms with Crippen LogP contribution in [0.25, 0.3) is 0 Å². The van der Waals surface area contributed by atoms with Crippen LogP contribution >= 0.6 is 0 Å². The average molecular weight is 379 g/mol. The van der Waals surface area contributed by atoms with E-state index in [0.717, 1.165) is 31.2 Å². The van der Waals surface area contributed by atoms with E-state index in [2.05, 4.69) is 15.4 Å². The Morgan fingerprint density at radius 2 is 1.72 bits per heavy atom. The van der Waals surface area contributed by atoms with E-state index in [4.69, 9.17) is 0 Å². The molecule has 140 valence electrons. The summed E-state index contributed by atoms with van der Waals surface area (Å²) in [5.41, 5.74) is -1.30. The van der Waals surface area contributed by atoms with Gasteiger partial charge >= 0.3 is 12.2 Å². The largest absolute Gasteiger partial charge is 0.418 e. The molecule has 0 aromatic heterocycles. The van der Waals surface area contributed by atoms with Gasteiger partial charge in [-0.3, -0.25) is 0 Å². The van der Waals surface area contributed by atoms with Crippen LogP contribution in [0.4, 0.5) is 23.7 Å². The number of carbonyl (C=O) groups excluding carboxylic acids is 1. The zero-order valence-corrected chi connectivity index (χ0v) is 14.4. The van der Waals surface area contributed by atoms with Crippen molar-refractivity contribution in [2.45, 2.75) is 43.9 Å². The Morgan fingerprint density at radius 3 is 2.32 bits per heavy atom. The first-order valence-corrected chi connectivity index (χ1v) is 9.66. The molecule has 0 saturated heterocycles. The number of amides is 2. The summed E-state index contributed by atoms with van der Waals surface area (Å²) in [6.45, 7) is 0. The minimum absolute atomic E-state index is 0.351. The van der Waals surface area contributed by atoms with E-state index >= 15 is 0 Å². The van der Waals surface area contributed by atoms with Gasteiger partial charge in [-0.25, -0.2) is 17.9 Å². The first-order valence-electron chi connectivity index (χ1n) is 7.77. The molecule has 25 heavy (non-hydrogen) atoms. The smallest absolute Gasteiger partial charge is 0.334 e. The molecule has 10 heteroatoms. The van der Waals surface area contributed by atoms with E-state index in [1.165, 1.54) is 12.1 Å². The number of nitrogens with one attached hydrogen (secondary N) is 3. The lowest BCUT2D eigenvalue weighted by Gasteiger charge is -2.32. The second kappa shape index (κ2) is 7.61. The molecule has 1 saturated carbocycles. The number of carbonyl (C=O) groups is 1. The maximum atomic E-state index is 13.0. The molecule has 0 spiro atoms. The molecule has 1 aliphatic carbocycles. The van der Waals surface area contributed by atoms with Gasteiger partial charge in [-0.05, 0) is 25.0 Å². The third kappa shape index (κ3) is 5.89. The van der Waals surface area contributed by atoms with Gasteiger partial charge in [-0.1, -0.05) is 25.0 Å². The molecule has 0 unspecified atom stereocenters. The van der Waals surface area contributed by atoms with Gasteiger partial charge in [0.15, 0.2) is 0 Å². The highest BCUT2D eigenvalue weighted by Crippen LogP contribution is 2.34. The summed E-state index contributed by atoms with van der Waals surface area (Å²) in [6, 6.07) is 2.90. The normalized spacial score (nSPS) is 21.6. The molecule has 3 N–H and O–H groups in total. The summed E-state index contributed by atoms with van der Waals surface area (Å²) in [7, 11) is -3.45. The van der Waals surface area contributed by atoms with Gasteiger partial charge in [0.25, 0.3) is 0 Å². The summed E-state index contributed by atoms with van der Waals surface area (Å²) < 4.78 is 64.2. The highest BCUT2D eigenvalue weighted by Gasteiger charge is 2.34. The fourth-order valence-electron chi connectivity index (χ4n) is 2.89. The van der Waals surface area contributed by atoms with E-state index < -0.39 is 39.9 Å². The van der Waals surface area contributed by atoms with Crippen molar-refractivity contribution in [1.82, 2.24) is 10.0 Å². The Kier molecular flexibility index (Phi) is 5.94. The number of halogens is 3. The number of urea groups is 1. The number of benzene rings is 1. The monoisotopic (exact) mass is 379 g/mol. The summed E-state index contributed by atoms with van der Waals surface area (Å²) in [6.07, 6.45) is -0.859. The zero-order chi connectivity index (χ0) is 18.7. The van der Waals surface area contributed by atoms with Gasteiger partial charge in [-0.15, -0.1) is 0 Å². The fourth-order valence-corrected chi connectivity index (χ4v) is 3.72. The summed E-state index contributed by atoms with van der Waals surface area (Å²) in [4.78, 5) is 12.1. The Labute approximate surface area is 144 Å². The van der Waals surface area contributed by atoms with Crippen molar-refractivity contribution in [2.24, 2.45) is 0 Å². The first kappa shape index (κ1) is 19.5. The van der Waals surface area contributed by atoms with Crippen molar-refractivity contribution < 1.29 is 26.4 Å². The Hall–Kier alpha value is -1.81. The molecule has 1 aromatic carbocycles. The maximum absolute atomic E-state index is 13.0. The van der Waals surface area contributed by atoms with Crippen molar-refractivity contribution >= 4 is 21.7 Å². The van der Waals surface area contributed by atoms with Crippen molar-refractivity contribution in [2.75, 3.05) is 11.6 Å². The molecule has 2 atom stereocenters. The maximum Gasteiger partial charge on any atom is 0.418 e. The number of anilines is 1. The first-order chi connectivity index (χ1) is 11.6. The molecule has 1 aromatic rings. The molecule has 1 fully saturated rings. The second-order valence-electron chi connectivity index (χ2n) is 6.03. The Morgan fingerprint density at radius 1 is 1.12 bits per heavy atom. The van der Waals surface area contributed by atoms with Crippen LogP contribution in [0.5, 0.6) is 0 Å². The number of hydrogen-bond donors (Lipinski definition) is 3. The quantitative estimate of drug-likeness (QED) is 0.752. The average Bonchev–Trinajstić information content (AvgIpc) is 2.47. The lowest BCUT2D eigenvalue weighted by Crippen LogP contribution is -2.53. The Bertz CT molecular complexity index is 722. The van der Waals surface area contributed by atoms with Crippen LogP contribution in [0, 0.1) is 0 Å². The standard InChI is InChI=1S/C15H20F3N3O3S/c1-25(23,24)21-13-9-5-4-8-12(13)20-14(22)19-11-7-3-2-6-10(11)15(16,17)18/h2-3,6-7,12-13,21H,4-5,8-9H2,1H3,(H2,19,20,22)/t12-,13+/m0/s1. The van der Waals surface area contributed by atoms with E-state index in [1.54, 1.807) is 0 Å². The SMILES string of the molecule is CS(=O)(=O)N[C@@H]1CCCC[C@@H]1NC(=O)Nc1ccccc1C(F)(F)F. The Balaban J connectivity index is 2.07. The lowest BCUT2D eigenvalue weighted by atomic mass is 9.91. The van der Waals surface area contributed by atoms with Crippen LogP contribution in [0.1, 0.15) is 31.2 Å². The van der Waals surface area contributed by atoms with Crippen LogP contribution in [0.3, 0.4) is 0 Å². The van der Waals surface area contributed by atoms with Gasteiger partial charge in [0.05, 0.1) is 17.5 Å². The molecule has 6 nitrogen and oxygen atoms in total. The van der Waals surface area contributed by atoms with E-state index in [1.807, 2.05) is 0 Å². The molecule has 0 radical (unpaired) electrons. The van der Waals surface area contributed by atoms with Crippen molar-refractivity contribution in [1.29, 1.82) is 0 Å². The van der Waals surface area contributed by atoms with E-state index in [-0.39, 0.29) is 5.69 Å². The highest BCUT2D eigenvalue weighted by atomic mass is 32.2. The molecule has 0 aliphatic heterocycles. The predicted molar refractivity (Wildman–Crippen MR) is 87.6 cm³/mol. The van der Waals surface area contributed by atoms with Crippen LogP contribution in [0.15, 0.2) is 24.3 Å². The van der Waals surface area contributed by atoms with Crippen LogP contribution in [0.2, 0.25) is 0 Å². The van der Waals surface area contributed by atoms with E-state index in [9.17, 15) is 26.4 Å². The number of hydrogen-bond acceptors (Lipinski definition) is 3. The number of para-hydroxylation sites is 1.